The maximum atomic E-state index is 12.9. The quantitative estimate of drug-likeness (QED) is 0.790. The van der Waals surface area contributed by atoms with Gasteiger partial charge in [-0.3, -0.25) is 4.79 Å². The third-order valence-electron chi connectivity index (χ3n) is 2.19. The fourth-order valence-corrected chi connectivity index (χ4v) is 2.06. The van der Waals surface area contributed by atoms with Crippen LogP contribution in [0, 0.1) is 18.6 Å². The molecule has 1 heterocycles. The highest BCUT2D eigenvalue weighted by Crippen LogP contribution is 2.15. The van der Waals surface area contributed by atoms with Gasteiger partial charge in [-0.05, 0) is 36.2 Å². The minimum Gasteiger partial charge on any atom is -0.293 e. The van der Waals surface area contributed by atoms with E-state index < -0.39 is 11.6 Å². The Kier molecular flexibility index (Phi) is 3.23. The van der Waals surface area contributed by atoms with E-state index in [0.29, 0.717) is 16.1 Å². The summed E-state index contributed by atoms with van der Waals surface area (Å²) in [4.78, 5) is 12.2. The average Bonchev–Trinajstić information content (AvgIpc) is 2.62. The predicted molar refractivity (Wildman–Crippen MR) is 59.0 cm³/mol. The van der Waals surface area contributed by atoms with Crippen LogP contribution in [0.1, 0.15) is 20.9 Å². The lowest BCUT2D eigenvalue weighted by molar-refractivity contribution is 0.0996. The molecule has 6 heteroatoms. The fourth-order valence-electron chi connectivity index (χ4n) is 1.47. The van der Waals surface area contributed by atoms with E-state index in [0.717, 1.165) is 29.7 Å². The Hall–Kier alpha value is -1.69. The van der Waals surface area contributed by atoms with Gasteiger partial charge in [0.2, 0.25) is 0 Å². The molecule has 0 unspecified atom stereocenters. The Bertz CT molecular complexity index is 548. The molecule has 0 atom stereocenters. The fraction of sp³-hybridized carbons (Fsp3) is 0.182. The Labute approximate surface area is 100 Å². The van der Waals surface area contributed by atoms with Crippen LogP contribution in [0.2, 0.25) is 0 Å². The number of nitrogens with zero attached hydrogens (tertiary/aromatic N) is 2. The standard InChI is InChI=1S/C11H8F2N2OS/c1-6-11(17-15-14-6)10(16)4-7-2-8(12)5-9(13)3-7/h2-3,5H,4H2,1H3. The number of carbonyl (C=O) groups excluding carboxylic acids is 1. The molecule has 0 saturated heterocycles. The molecule has 1 aromatic heterocycles. The van der Waals surface area contributed by atoms with Crippen molar-refractivity contribution in [3.63, 3.8) is 0 Å². The van der Waals surface area contributed by atoms with Crippen LogP contribution < -0.4 is 0 Å². The molecule has 0 fully saturated rings. The second-order valence-electron chi connectivity index (χ2n) is 3.57. The van der Waals surface area contributed by atoms with Crippen LogP contribution in [0.25, 0.3) is 0 Å². The highest BCUT2D eigenvalue weighted by molar-refractivity contribution is 7.08. The van der Waals surface area contributed by atoms with Gasteiger partial charge >= 0.3 is 0 Å². The molecule has 0 amide bonds. The van der Waals surface area contributed by atoms with Crippen LogP contribution in [0.15, 0.2) is 18.2 Å². The smallest absolute Gasteiger partial charge is 0.180 e. The summed E-state index contributed by atoms with van der Waals surface area (Å²) in [6.45, 7) is 1.67. The van der Waals surface area contributed by atoms with Crippen molar-refractivity contribution in [3.05, 3.63) is 46.0 Å². The molecular formula is C11H8F2N2OS. The highest BCUT2D eigenvalue weighted by atomic mass is 32.1. The molecule has 0 bridgehead atoms. The van der Waals surface area contributed by atoms with Gasteiger partial charge in [0, 0.05) is 12.5 Å². The SMILES string of the molecule is Cc1nnsc1C(=O)Cc1cc(F)cc(F)c1. The number of hydrogen-bond donors (Lipinski definition) is 0. The van der Waals surface area contributed by atoms with Crippen molar-refractivity contribution in [2.24, 2.45) is 0 Å². The van der Waals surface area contributed by atoms with Crippen LogP contribution in [-0.2, 0) is 6.42 Å². The molecular weight excluding hydrogens is 246 g/mol. The first-order valence-corrected chi connectivity index (χ1v) is 5.60. The number of halogens is 2. The average molecular weight is 254 g/mol. The summed E-state index contributed by atoms with van der Waals surface area (Å²) in [7, 11) is 0. The molecule has 2 aromatic rings. The lowest BCUT2D eigenvalue weighted by atomic mass is 10.1. The Morgan fingerprint density at radius 1 is 1.29 bits per heavy atom. The second kappa shape index (κ2) is 4.67. The van der Waals surface area contributed by atoms with Gasteiger partial charge in [0.1, 0.15) is 16.5 Å². The van der Waals surface area contributed by atoms with E-state index in [-0.39, 0.29) is 12.2 Å². The number of hydrogen-bond acceptors (Lipinski definition) is 4. The number of benzene rings is 1. The van der Waals surface area contributed by atoms with E-state index in [9.17, 15) is 13.6 Å². The minimum absolute atomic E-state index is 0.0562. The van der Waals surface area contributed by atoms with Crippen molar-refractivity contribution in [2.45, 2.75) is 13.3 Å². The number of rotatable bonds is 3. The van der Waals surface area contributed by atoms with Crippen molar-refractivity contribution >= 4 is 17.3 Å². The van der Waals surface area contributed by atoms with Crippen molar-refractivity contribution in [1.82, 2.24) is 9.59 Å². The maximum absolute atomic E-state index is 12.9. The summed E-state index contributed by atoms with van der Waals surface area (Å²) in [5.41, 5.74) is 0.845. The summed E-state index contributed by atoms with van der Waals surface area (Å²) in [6.07, 6.45) is -0.0562. The lowest BCUT2D eigenvalue weighted by Crippen LogP contribution is -2.04. The van der Waals surface area contributed by atoms with Crippen LogP contribution >= 0.6 is 11.5 Å². The van der Waals surface area contributed by atoms with Crippen molar-refractivity contribution in [1.29, 1.82) is 0 Å². The number of ketones is 1. The van der Waals surface area contributed by atoms with Gasteiger partial charge in [-0.2, -0.15) is 0 Å². The Morgan fingerprint density at radius 2 is 1.94 bits per heavy atom. The number of aryl methyl sites for hydroxylation is 1. The normalized spacial score (nSPS) is 10.5. The Morgan fingerprint density at radius 3 is 2.47 bits per heavy atom. The molecule has 17 heavy (non-hydrogen) atoms. The topological polar surface area (TPSA) is 42.9 Å². The molecule has 0 N–H and O–H groups in total. The first kappa shape index (κ1) is 11.8. The molecule has 3 nitrogen and oxygen atoms in total. The number of Topliss-reactive ketones (excluding diaryl/α,β-unsaturated/α-hetero) is 1. The van der Waals surface area contributed by atoms with Crippen LogP contribution in [0.4, 0.5) is 8.78 Å². The molecule has 0 saturated carbocycles. The third-order valence-corrected chi connectivity index (χ3v) is 3.06. The number of carbonyl (C=O) groups is 1. The monoisotopic (exact) mass is 254 g/mol. The second-order valence-corrected chi connectivity index (χ2v) is 4.32. The summed E-state index contributed by atoms with van der Waals surface area (Å²) in [5.74, 6) is -1.61. The lowest BCUT2D eigenvalue weighted by Gasteiger charge is -2.00. The molecule has 0 aliphatic rings. The highest BCUT2D eigenvalue weighted by Gasteiger charge is 2.14. The summed E-state index contributed by atoms with van der Waals surface area (Å²) < 4.78 is 29.5. The van der Waals surface area contributed by atoms with E-state index in [1.807, 2.05) is 0 Å². The third kappa shape index (κ3) is 2.71. The molecule has 0 aliphatic heterocycles. The molecule has 0 spiro atoms. The maximum Gasteiger partial charge on any atom is 0.180 e. The van der Waals surface area contributed by atoms with E-state index in [4.69, 9.17) is 0 Å². The van der Waals surface area contributed by atoms with Crippen molar-refractivity contribution in [3.8, 4) is 0 Å². The zero-order chi connectivity index (χ0) is 12.4. The van der Waals surface area contributed by atoms with Gasteiger partial charge in [0.05, 0.1) is 5.69 Å². The molecule has 0 radical (unpaired) electrons. The van der Waals surface area contributed by atoms with Gasteiger partial charge in [0.15, 0.2) is 5.78 Å². The minimum atomic E-state index is -0.688. The van der Waals surface area contributed by atoms with Crippen molar-refractivity contribution < 1.29 is 13.6 Å². The van der Waals surface area contributed by atoms with E-state index in [2.05, 4.69) is 9.59 Å². The molecule has 1 aromatic carbocycles. The summed E-state index contributed by atoms with van der Waals surface area (Å²) in [5, 5.41) is 3.71. The predicted octanol–water partition coefficient (Wildman–Crippen LogP) is 2.55. The van der Waals surface area contributed by atoms with E-state index in [1.54, 1.807) is 6.92 Å². The van der Waals surface area contributed by atoms with Crippen molar-refractivity contribution in [2.75, 3.05) is 0 Å². The van der Waals surface area contributed by atoms with Gasteiger partial charge in [0.25, 0.3) is 0 Å². The van der Waals surface area contributed by atoms with Gasteiger partial charge < -0.3 is 0 Å². The van der Waals surface area contributed by atoms with Crippen LogP contribution in [0.3, 0.4) is 0 Å². The van der Waals surface area contributed by atoms with E-state index in [1.165, 1.54) is 0 Å². The number of aromatic nitrogens is 2. The molecule has 0 aliphatic carbocycles. The van der Waals surface area contributed by atoms with E-state index >= 15 is 0 Å². The molecule has 2 rings (SSSR count). The molecule has 88 valence electrons. The van der Waals surface area contributed by atoms with Crippen LogP contribution in [-0.4, -0.2) is 15.4 Å². The van der Waals surface area contributed by atoms with Gasteiger partial charge in [-0.15, -0.1) is 5.10 Å². The van der Waals surface area contributed by atoms with Crippen LogP contribution in [0.5, 0.6) is 0 Å². The summed E-state index contributed by atoms with van der Waals surface area (Å²) in [6, 6.07) is 3.06. The summed E-state index contributed by atoms with van der Waals surface area (Å²) >= 11 is 0.987. The largest absolute Gasteiger partial charge is 0.293 e. The first-order valence-electron chi connectivity index (χ1n) is 4.83. The van der Waals surface area contributed by atoms with Gasteiger partial charge in [-0.1, -0.05) is 4.49 Å². The first-order chi connectivity index (χ1) is 8.06. The zero-order valence-corrected chi connectivity index (χ0v) is 9.72. The Balaban J connectivity index is 2.21. The van der Waals surface area contributed by atoms with Gasteiger partial charge in [-0.25, -0.2) is 8.78 Å². The zero-order valence-electron chi connectivity index (χ0n) is 8.91.